The average Bonchev–Trinajstić information content (AvgIpc) is 3.80. The first-order chi connectivity index (χ1) is 30.1. The van der Waals surface area contributed by atoms with Crippen LogP contribution in [0.25, 0.3) is 11.1 Å². The van der Waals surface area contributed by atoms with Crippen LogP contribution in [0.4, 0.5) is 24.5 Å². The number of alkyl halides is 3. The minimum atomic E-state index is -6.04. The van der Waals surface area contributed by atoms with E-state index in [1.807, 2.05) is 71.5 Å². The lowest BCUT2D eigenvalue weighted by atomic mass is 9.84. The zero-order chi connectivity index (χ0) is 44.8. The van der Waals surface area contributed by atoms with Crippen LogP contribution in [0, 0.1) is 5.92 Å². The molecule has 2 aliphatic rings. The number of amides is 1. The summed E-state index contributed by atoms with van der Waals surface area (Å²) in [4.78, 5) is 14.3. The molecular weight excluding hydrogens is 893 g/mol. The van der Waals surface area contributed by atoms with Gasteiger partial charge in [0, 0.05) is 59.2 Å². The summed E-state index contributed by atoms with van der Waals surface area (Å²) < 4.78 is 103. The van der Waals surface area contributed by atoms with Gasteiger partial charge in [-0.1, -0.05) is 66.2 Å². The van der Waals surface area contributed by atoms with Gasteiger partial charge in [0.15, 0.2) is 0 Å². The van der Waals surface area contributed by atoms with Gasteiger partial charge in [-0.25, -0.2) is 21.6 Å². The fraction of sp³-hybridized carbons (Fsp3) is 0.326. The van der Waals surface area contributed by atoms with Crippen molar-refractivity contribution in [2.24, 2.45) is 5.92 Å². The number of halogens is 4. The molecule has 0 spiro atoms. The number of rotatable bonds is 16. The Morgan fingerprint density at radius 3 is 2.22 bits per heavy atom. The van der Waals surface area contributed by atoms with E-state index in [1.54, 1.807) is 19.2 Å². The van der Waals surface area contributed by atoms with E-state index >= 15 is 0 Å². The Labute approximate surface area is 375 Å². The lowest BCUT2D eigenvalue weighted by molar-refractivity contribution is -0.0435. The summed E-state index contributed by atoms with van der Waals surface area (Å²) >= 11 is 7.60. The molecule has 2 aliphatic heterocycles. The number of methoxy groups -OCH3 is 1. The SMILES string of the molecule is CO[C@@H](c1ccccc1-c1ccc(Cl)cc1)C1CCN(c2ccc(C(=O)NS(=O)(=O)c3ccc(NC(CSc4ccccc4)CC4CCCN4)c(S(=O)(=O)C(F)(F)F)c3)cc2)CC1. The summed E-state index contributed by atoms with van der Waals surface area (Å²) in [6, 6.07) is 33.6. The largest absolute Gasteiger partial charge is 0.501 e. The molecule has 1 amide bonds. The zero-order valence-corrected chi connectivity index (χ0v) is 37.6. The van der Waals surface area contributed by atoms with E-state index in [4.69, 9.17) is 16.3 Å². The Bertz CT molecular complexity index is 2570. The van der Waals surface area contributed by atoms with Gasteiger partial charge < -0.3 is 20.3 Å². The van der Waals surface area contributed by atoms with Gasteiger partial charge in [-0.2, -0.15) is 13.2 Å². The van der Waals surface area contributed by atoms with E-state index in [0.717, 1.165) is 71.6 Å². The number of anilines is 2. The van der Waals surface area contributed by atoms with Crippen LogP contribution in [0.3, 0.4) is 0 Å². The van der Waals surface area contributed by atoms with Crippen molar-refractivity contribution in [1.29, 1.82) is 0 Å². The van der Waals surface area contributed by atoms with Crippen LogP contribution in [-0.4, -0.2) is 72.8 Å². The molecule has 2 unspecified atom stereocenters. The van der Waals surface area contributed by atoms with Crippen LogP contribution < -0.4 is 20.3 Å². The smallest absolute Gasteiger partial charge is 0.380 e. The van der Waals surface area contributed by atoms with E-state index in [9.17, 15) is 34.8 Å². The highest BCUT2D eigenvalue weighted by Crippen LogP contribution is 2.40. The number of nitrogens with one attached hydrogen (secondary N) is 3. The fourth-order valence-electron chi connectivity index (χ4n) is 8.27. The first-order valence-corrected chi connectivity index (χ1v) is 24.9. The standard InChI is InChI=1S/C46H48ClF3N4O6S3/c1-60-44(41-12-6-5-11-40(41)31-13-17-34(47)18-14-31)32-23-26-54(27-24-32)37-19-15-33(16-20-37)45(55)53-63(58,59)39-21-22-42(43(29-39)62(56,57)46(48,49)50)52-36(28-35-8-7-25-51-35)30-61-38-9-3-2-4-10-38/h2-6,9-22,29,32,35-36,44,51-52H,7-8,23-28,30H2,1H3,(H,53,55)/t35?,36?,44-/m1/s1. The van der Waals surface area contributed by atoms with Gasteiger partial charge in [-0.05, 0) is 128 Å². The number of sulfone groups is 1. The van der Waals surface area contributed by atoms with Crippen molar-refractivity contribution in [2.75, 3.05) is 42.7 Å². The molecule has 5 aromatic rings. The highest BCUT2D eigenvalue weighted by Gasteiger charge is 2.48. The molecule has 0 bridgehead atoms. The maximum atomic E-state index is 14.1. The molecule has 10 nitrogen and oxygen atoms in total. The summed E-state index contributed by atoms with van der Waals surface area (Å²) in [5.41, 5.74) is -2.12. The first-order valence-electron chi connectivity index (χ1n) is 20.6. The molecular formula is C46H48ClF3N4O6S3. The zero-order valence-electron chi connectivity index (χ0n) is 34.4. The highest BCUT2D eigenvalue weighted by atomic mass is 35.5. The number of sulfonamides is 1. The molecule has 2 saturated heterocycles. The number of carbonyl (C=O) groups excluding carboxylic acids is 1. The van der Waals surface area contributed by atoms with Gasteiger partial charge in [-0.3, -0.25) is 4.79 Å². The quantitative estimate of drug-likeness (QED) is 0.0822. The number of thioether (sulfide) groups is 1. The number of piperidine rings is 1. The normalized spacial score (nSPS) is 17.3. The van der Waals surface area contributed by atoms with E-state index in [1.165, 1.54) is 23.9 Å². The Kier molecular flexibility index (Phi) is 14.8. The van der Waals surface area contributed by atoms with Gasteiger partial charge in [0.05, 0.1) is 16.7 Å². The summed E-state index contributed by atoms with van der Waals surface area (Å²) in [6.07, 6.45) is 3.74. The Balaban J connectivity index is 1.03. The Morgan fingerprint density at radius 2 is 1.57 bits per heavy atom. The molecule has 2 heterocycles. The van der Waals surface area contributed by atoms with Crippen LogP contribution in [-0.2, 0) is 24.6 Å². The molecule has 3 N–H and O–H groups in total. The molecule has 0 aliphatic carbocycles. The predicted octanol–water partition coefficient (Wildman–Crippen LogP) is 9.74. The Hall–Kier alpha value is -4.58. The number of hydrogen-bond donors (Lipinski definition) is 3. The van der Waals surface area contributed by atoms with Gasteiger partial charge >= 0.3 is 5.51 Å². The second kappa shape index (κ2) is 20.1. The lowest BCUT2D eigenvalue weighted by Crippen LogP contribution is -2.36. The van der Waals surface area contributed by atoms with Crippen molar-refractivity contribution in [3.05, 3.63) is 137 Å². The van der Waals surface area contributed by atoms with Gasteiger partial charge in [0.2, 0.25) is 0 Å². The maximum absolute atomic E-state index is 14.1. The topological polar surface area (TPSA) is 134 Å². The molecule has 334 valence electrons. The van der Waals surface area contributed by atoms with Crippen molar-refractivity contribution < 1.29 is 39.5 Å². The lowest BCUT2D eigenvalue weighted by Gasteiger charge is -2.37. The van der Waals surface area contributed by atoms with Crippen LogP contribution in [0.1, 0.15) is 54.1 Å². The van der Waals surface area contributed by atoms with Crippen LogP contribution >= 0.6 is 23.4 Å². The van der Waals surface area contributed by atoms with Gasteiger partial charge in [0.25, 0.3) is 25.8 Å². The van der Waals surface area contributed by atoms with E-state index < -0.39 is 52.8 Å². The third-order valence-corrected chi connectivity index (χ3v) is 15.8. The van der Waals surface area contributed by atoms with E-state index in [0.29, 0.717) is 36.4 Å². The van der Waals surface area contributed by atoms with Gasteiger partial charge in [-0.15, -0.1) is 11.8 Å². The highest BCUT2D eigenvalue weighted by molar-refractivity contribution is 7.99. The summed E-state index contributed by atoms with van der Waals surface area (Å²) in [5, 5.41) is 7.01. The molecule has 0 radical (unpaired) electrons. The number of hydrogen-bond acceptors (Lipinski definition) is 10. The average molecular weight is 942 g/mol. The first kappa shape index (κ1) is 46.4. The minimum absolute atomic E-state index is 0.0174. The predicted molar refractivity (Wildman–Crippen MR) is 243 cm³/mol. The van der Waals surface area contributed by atoms with Crippen molar-refractivity contribution in [3.63, 3.8) is 0 Å². The van der Waals surface area contributed by atoms with Crippen molar-refractivity contribution >= 4 is 60.5 Å². The molecule has 5 aromatic carbocycles. The van der Waals surface area contributed by atoms with Crippen molar-refractivity contribution in [1.82, 2.24) is 10.0 Å². The monoisotopic (exact) mass is 940 g/mol. The van der Waals surface area contributed by atoms with Crippen LogP contribution in [0.2, 0.25) is 5.02 Å². The molecule has 0 saturated carbocycles. The number of carbonyl (C=O) groups is 1. The van der Waals surface area contributed by atoms with Crippen molar-refractivity contribution in [3.8, 4) is 11.1 Å². The molecule has 17 heteroatoms. The second-order valence-electron chi connectivity index (χ2n) is 15.7. The number of benzene rings is 5. The van der Waals surface area contributed by atoms with E-state index in [-0.39, 0.29) is 23.6 Å². The molecule has 7 rings (SSSR count). The summed E-state index contributed by atoms with van der Waals surface area (Å²) in [5.74, 6) is -0.427. The molecule has 63 heavy (non-hydrogen) atoms. The Morgan fingerprint density at radius 1 is 0.889 bits per heavy atom. The van der Waals surface area contributed by atoms with Crippen LogP contribution in [0.5, 0.6) is 0 Å². The summed E-state index contributed by atoms with van der Waals surface area (Å²) in [6.45, 7) is 2.19. The second-order valence-corrected chi connectivity index (χ2v) is 20.8. The molecule has 0 aromatic heterocycles. The third kappa shape index (κ3) is 11.2. The number of ether oxygens (including phenoxy) is 1. The molecule has 3 atom stereocenters. The van der Waals surface area contributed by atoms with E-state index in [2.05, 4.69) is 27.7 Å². The minimum Gasteiger partial charge on any atom is -0.380 e. The fourth-order valence-corrected chi connectivity index (χ4v) is 11.4. The third-order valence-electron chi connectivity index (χ3n) is 11.5. The van der Waals surface area contributed by atoms with Crippen molar-refractivity contribution in [2.45, 2.75) is 70.5 Å². The van der Waals surface area contributed by atoms with Crippen LogP contribution in [0.15, 0.2) is 136 Å². The maximum Gasteiger partial charge on any atom is 0.501 e. The number of nitrogens with zero attached hydrogens (tertiary/aromatic N) is 1. The summed E-state index contributed by atoms with van der Waals surface area (Å²) in [7, 11) is -9.17. The molecule has 2 fully saturated rings. The van der Waals surface area contributed by atoms with Gasteiger partial charge in [0.1, 0.15) is 4.90 Å².